The molecule has 0 fully saturated rings. The van der Waals surface area contributed by atoms with Crippen LogP contribution in [-0.2, 0) is 9.59 Å². The van der Waals surface area contributed by atoms with Gasteiger partial charge in [-0.05, 0) is 35.2 Å². The summed E-state index contributed by atoms with van der Waals surface area (Å²) >= 11 is 1.31. The molecule has 1 aromatic heterocycles. The topological polar surface area (TPSA) is 100 Å². The van der Waals surface area contributed by atoms with Crippen molar-refractivity contribution in [2.45, 2.75) is 26.3 Å². The number of thiazole rings is 1. The fraction of sp³-hybridized carbons (Fsp3) is 0.273. The van der Waals surface area contributed by atoms with Crippen molar-refractivity contribution in [2.24, 2.45) is 5.92 Å². The van der Waals surface area contributed by atoms with E-state index in [-0.39, 0.29) is 24.3 Å². The van der Waals surface area contributed by atoms with Crippen molar-refractivity contribution in [2.75, 3.05) is 11.9 Å². The highest BCUT2D eigenvalue weighted by molar-refractivity contribution is 7.13. The number of aromatic nitrogens is 1. The predicted molar refractivity (Wildman–Crippen MR) is 118 cm³/mol. The lowest BCUT2D eigenvalue weighted by Crippen LogP contribution is -2.48. The summed E-state index contributed by atoms with van der Waals surface area (Å²) < 4.78 is 0. The van der Waals surface area contributed by atoms with E-state index in [0.29, 0.717) is 17.1 Å². The quantitative estimate of drug-likeness (QED) is 0.517. The van der Waals surface area contributed by atoms with Crippen molar-refractivity contribution >= 4 is 45.0 Å². The fourth-order valence-electron chi connectivity index (χ4n) is 3.02. The van der Waals surface area contributed by atoms with Gasteiger partial charge in [0.05, 0.1) is 6.54 Å². The van der Waals surface area contributed by atoms with Crippen molar-refractivity contribution in [3.63, 3.8) is 0 Å². The van der Waals surface area contributed by atoms with Gasteiger partial charge in [-0.1, -0.05) is 44.2 Å². The van der Waals surface area contributed by atoms with Crippen molar-refractivity contribution in [3.8, 4) is 0 Å². The van der Waals surface area contributed by atoms with Crippen molar-refractivity contribution in [1.82, 2.24) is 15.6 Å². The Kier molecular flexibility index (Phi) is 7.13. The molecule has 0 spiro atoms. The van der Waals surface area contributed by atoms with Gasteiger partial charge in [0.15, 0.2) is 5.13 Å². The van der Waals surface area contributed by atoms with Gasteiger partial charge in [-0.15, -0.1) is 11.3 Å². The summed E-state index contributed by atoms with van der Waals surface area (Å²) in [6.07, 6.45) is 2.07. The molecule has 30 heavy (non-hydrogen) atoms. The summed E-state index contributed by atoms with van der Waals surface area (Å²) in [6, 6.07) is 12.4. The van der Waals surface area contributed by atoms with Gasteiger partial charge in [0.1, 0.15) is 6.04 Å². The van der Waals surface area contributed by atoms with Crippen LogP contribution in [0.25, 0.3) is 10.8 Å². The van der Waals surface area contributed by atoms with E-state index in [4.69, 9.17) is 0 Å². The summed E-state index contributed by atoms with van der Waals surface area (Å²) in [4.78, 5) is 41.3. The Labute approximate surface area is 178 Å². The molecule has 0 aliphatic carbocycles. The molecular weight excluding hydrogens is 400 g/mol. The number of nitrogens with one attached hydrogen (secondary N) is 3. The molecule has 2 aromatic carbocycles. The van der Waals surface area contributed by atoms with E-state index in [1.165, 1.54) is 11.3 Å². The zero-order valence-corrected chi connectivity index (χ0v) is 17.7. The smallest absolute Gasteiger partial charge is 0.251 e. The molecule has 0 saturated carbocycles. The summed E-state index contributed by atoms with van der Waals surface area (Å²) in [6.45, 7) is 3.72. The van der Waals surface area contributed by atoms with Crippen molar-refractivity contribution in [3.05, 3.63) is 59.6 Å². The Morgan fingerprint density at radius 1 is 1.07 bits per heavy atom. The van der Waals surface area contributed by atoms with Crippen LogP contribution in [-0.4, -0.2) is 35.3 Å². The van der Waals surface area contributed by atoms with E-state index in [1.807, 2.05) is 44.2 Å². The van der Waals surface area contributed by atoms with Crippen LogP contribution in [0.1, 0.15) is 30.6 Å². The maximum atomic E-state index is 12.5. The molecule has 0 radical (unpaired) electrons. The molecule has 7 nitrogen and oxygen atoms in total. The highest BCUT2D eigenvalue weighted by atomic mass is 32.1. The van der Waals surface area contributed by atoms with Crippen molar-refractivity contribution < 1.29 is 14.4 Å². The fourth-order valence-corrected chi connectivity index (χ4v) is 3.55. The molecule has 0 aliphatic rings. The molecular formula is C22H24N4O3S. The van der Waals surface area contributed by atoms with E-state index in [2.05, 4.69) is 20.9 Å². The van der Waals surface area contributed by atoms with Crippen LogP contribution in [0.5, 0.6) is 0 Å². The zero-order chi connectivity index (χ0) is 21.5. The zero-order valence-electron chi connectivity index (χ0n) is 16.8. The number of nitrogens with zero attached hydrogens (tertiary/aromatic N) is 1. The SMILES string of the molecule is CC(C)C[C@H](NC(=O)CNC(=O)c1ccc2ccccc2c1)C(=O)Nc1nccs1. The first kappa shape index (κ1) is 21.4. The first-order valence-corrected chi connectivity index (χ1v) is 10.6. The maximum absolute atomic E-state index is 12.5. The molecule has 156 valence electrons. The molecule has 0 bridgehead atoms. The van der Waals surface area contributed by atoms with Gasteiger partial charge in [0, 0.05) is 17.1 Å². The first-order valence-electron chi connectivity index (χ1n) is 9.69. The van der Waals surface area contributed by atoms with E-state index >= 15 is 0 Å². The lowest BCUT2D eigenvalue weighted by atomic mass is 10.0. The number of carbonyl (C=O) groups is 3. The second-order valence-corrected chi connectivity index (χ2v) is 8.22. The summed E-state index contributed by atoms with van der Waals surface area (Å²) in [5.41, 5.74) is 0.474. The van der Waals surface area contributed by atoms with Crippen LogP contribution in [0.15, 0.2) is 54.0 Å². The Morgan fingerprint density at radius 3 is 2.53 bits per heavy atom. The molecule has 1 heterocycles. The number of anilines is 1. The molecule has 3 rings (SSSR count). The minimum atomic E-state index is -0.709. The van der Waals surface area contributed by atoms with Gasteiger partial charge in [0.25, 0.3) is 5.91 Å². The van der Waals surface area contributed by atoms with Crippen LogP contribution < -0.4 is 16.0 Å². The van der Waals surface area contributed by atoms with Crippen LogP contribution in [0.2, 0.25) is 0 Å². The maximum Gasteiger partial charge on any atom is 0.251 e. The molecule has 0 aliphatic heterocycles. The van der Waals surface area contributed by atoms with E-state index in [9.17, 15) is 14.4 Å². The summed E-state index contributed by atoms with van der Waals surface area (Å²) in [5.74, 6) is -0.898. The first-order chi connectivity index (χ1) is 14.4. The van der Waals surface area contributed by atoms with Gasteiger partial charge in [-0.2, -0.15) is 0 Å². The van der Waals surface area contributed by atoms with E-state index < -0.39 is 11.9 Å². The number of rotatable bonds is 8. The van der Waals surface area contributed by atoms with Crippen LogP contribution in [0, 0.1) is 5.92 Å². The average molecular weight is 425 g/mol. The molecule has 3 N–H and O–H groups in total. The molecule has 0 saturated heterocycles. The second-order valence-electron chi connectivity index (χ2n) is 7.32. The highest BCUT2D eigenvalue weighted by Crippen LogP contribution is 2.16. The van der Waals surface area contributed by atoms with Gasteiger partial charge in [-0.25, -0.2) is 4.98 Å². The monoisotopic (exact) mass is 424 g/mol. The number of fused-ring (bicyclic) bond motifs is 1. The minimum absolute atomic E-state index is 0.199. The van der Waals surface area contributed by atoms with Crippen LogP contribution in [0.3, 0.4) is 0 Å². The average Bonchev–Trinajstić information content (AvgIpc) is 3.23. The standard InChI is InChI=1S/C22H24N4O3S/c1-14(2)11-18(21(29)26-22-23-9-10-30-22)25-19(27)13-24-20(28)17-8-7-15-5-3-4-6-16(15)12-17/h3-10,12,14,18H,11,13H2,1-2H3,(H,24,28)(H,25,27)(H,23,26,29)/t18-/m0/s1. The normalized spacial score (nSPS) is 11.8. The third-order valence-corrected chi connectivity index (χ3v) is 5.13. The molecule has 0 unspecified atom stereocenters. The van der Waals surface area contributed by atoms with E-state index in [1.54, 1.807) is 23.7 Å². The number of amides is 3. The third kappa shape index (κ3) is 5.87. The Hall–Kier alpha value is -3.26. The molecule has 3 amide bonds. The number of carbonyl (C=O) groups excluding carboxylic acids is 3. The van der Waals surface area contributed by atoms with Crippen molar-refractivity contribution in [1.29, 1.82) is 0 Å². The Balaban J connectivity index is 1.57. The van der Waals surface area contributed by atoms with Gasteiger partial charge in [-0.3, -0.25) is 14.4 Å². The second kappa shape index (κ2) is 9.98. The lowest BCUT2D eigenvalue weighted by Gasteiger charge is -2.19. The number of hydrogen-bond donors (Lipinski definition) is 3. The van der Waals surface area contributed by atoms with Gasteiger partial charge in [0.2, 0.25) is 11.8 Å². The third-order valence-electron chi connectivity index (χ3n) is 4.44. The lowest BCUT2D eigenvalue weighted by molar-refractivity contribution is -0.126. The van der Waals surface area contributed by atoms with E-state index in [0.717, 1.165) is 10.8 Å². The predicted octanol–water partition coefficient (Wildman–Crippen LogP) is 3.20. The Bertz CT molecular complexity index is 1030. The highest BCUT2D eigenvalue weighted by Gasteiger charge is 2.23. The molecule has 3 aromatic rings. The van der Waals surface area contributed by atoms with Crippen LogP contribution >= 0.6 is 11.3 Å². The number of hydrogen-bond acceptors (Lipinski definition) is 5. The minimum Gasteiger partial charge on any atom is -0.343 e. The molecule has 1 atom stereocenters. The van der Waals surface area contributed by atoms with Crippen LogP contribution in [0.4, 0.5) is 5.13 Å². The summed E-state index contributed by atoms with van der Waals surface area (Å²) in [7, 11) is 0. The largest absolute Gasteiger partial charge is 0.343 e. The van der Waals surface area contributed by atoms with Gasteiger partial charge >= 0.3 is 0 Å². The molecule has 8 heteroatoms. The number of benzene rings is 2. The summed E-state index contributed by atoms with van der Waals surface area (Å²) in [5, 5.41) is 12.3. The Morgan fingerprint density at radius 2 is 1.83 bits per heavy atom. The van der Waals surface area contributed by atoms with Gasteiger partial charge < -0.3 is 16.0 Å².